The minimum absolute atomic E-state index is 0.0650. The van der Waals surface area contributed by atoms with Gasteiger partial charge in [0.25, 0.3) is 5.69 Å². The van der Waals surface area contributed by atoms with E-state index in [1.54, 1.807) is 18.3 Å². The van der Waals surface area contributed by atoms with Crippen molar-refractivity contribution in [3.63, 3.8) is 0 Å². The second-order valence-electron chi connectivity index (χ2n) is 8.05. The molecule has 1 aromatic carbocycles. The lowest BCUT2D eigenvalue weighted by Gasteiger charge is -2.29. The van der Waals surface area contributed by atoms with Gasteiger partial charge in [0.1, 0.15) is 0 Å². The number of nitro benzene ring substituents is 1. The van der Waals surface area contributed by atoms with Crippen LogP contribution in [-0.2, 0) is 0 Å². The largest absolute Gasteiger partial charge is 0.352 e. The standard InChI is InChI=1S/C23H26N6O2S/c1-26(2)14-6-16-28-22(21(25-23(28)32)19-7-3-4-13-24-19)20-8-5-15-27(20)17-9-11-18(12-10-17)29(30)31/h3-5,7-13,15,21-22H,6,14,16H2,1-2H3,(H,25,32)/t21-,22+/m0/s1. The van der Waals surface area contributed by atoms with Crippen LogP contribution in [0.3, 0.4) is 0 Å². The summed E-state index contributed by atoms with van der Waals surface area (Å²) < 4.78 is 2.07. The van der Waals surface area contributed by atoms with Gasteiger partial charge in [0, 0.05) is 42.5 Å². The first-order valence-corrected chi connectivity index (χ1v) is 10.9. The zero-order valence-electron chi connectivity index (χ0n) is 18.1. The van der Waals surface area contributed by atoms with Crippen molar-refractivity contribution in [2.45, 2.75) is 18.5 Å². The Kier molecular flexibility index (Phi) is 6.48. The summed E-state index contributed by atoms with van der Waals surface area (Å²) in [4.78, 5) is 19.7. The third kappa shape index (κ3) is 4.49. The topological polar surface area (TPSA) is 79.5 Å². The summed E-state index contributed by atoms with van der Waals surface area (Å²) in [5.74, 6) is 0. The minimum atomic E-state index is -0.386. The van der Waals surface area contributed by atoms with Gasteiger partial charge >= 0.3 is 0 Å². The zero-order valence-corrected chi connectivity index (χ0v) is 18.9. The molecule has 8 nitrogen and oxygen atoms in total. The highest BCUT2D eigenvalue weighted by Gasteiger charge is 2.40. The van der Waals surface area contributed by atoms with Crippen LogP contribution in [0.25, 0.3) is 5.69 Å². The van der Waals surface area contributed by atoms with Crippen LogP contribution in [0.15, 0.2) is 67.0 Å². The molecule has 1 aliphatic rings. The van der Waals surface area contributed by atoms with E-state index in [9.17, 15) is 10.1 Å². The van der Waals surface area contributed by atoms with Crippen molar-refractivity contribution in [3.05, 3.63) is 88.5 Å². The summed E-state index contributed by atoms with van der Waals surface area (Å²) in [6, 6.07) is 16.4. The molecule has 0 unspecified atom stereocenters. The number of aromatic nitrogens is 2. The molecule has 4 rings (SSSR count). The van der Waals surface area contributed by atoms with E-state index in [-0.39, 0.29) is 22.7 Å². The fourth-order valence-electron chi connectivity index (χ4n) is 4.13. The number of hydrogen-bond donors (Lipinski definition) is 1. The van der Waals surface area contributed by atoms with Crippen molar-refractivity contribution in [2.75, 3.05) is 27.2 Å². The molecule has 2 atom stereocenters. The molecule has 32 heavy (non-hydrogen) atoms. The SMILES string of the molecule is CN(C)CCCN1C(=S)N[C@@H](c2ccccn2)[C@H]1c1cccn1-c1ccc([N+](=O)[O-])cc1. The van der Waals surface area contributed by atoms with E-state index in [1.807, 2.05) is 30.5 Å². The maximum absolute atomic E-state index is 11.1. The molecular weight excluding hydrogens is 424 g/mol. The Morgan fingerprint density at radius 3 is 2.59 bits per heavy atom. The highest BCUT2D eigenvalue weighted by atomic mass is 32.1. The van der Waals surface area contributed by atoms with Crippen LogP contribution in [0.1, 0.15) is 29.9 Å². The van der Waals surface area contributed by atoms with E-state index in [0.29, 0.717) is 5.11 Å². The van der Waals surface area contributed by atoms with E-state index in [2.05, 4.69) is 44.8 Å². The van der Waals surface area contributed by atoms with Crippen LogP contribution in [0.5, 0.6) is 0 Å². The molecule has 0 amide bonds. The molecule has 1 saturated heterocycles. The van der Waals surface area contributed by atoms with Crippen LogP contribution >= 0.6 is 12.2 Å². The second kappa shape index (κ2) is 9.46. The number of nitrogens with zero attached hydrogens (tertiary/aromatic N) is 5. The Morgan fingerprint density at radius 1 is 1.16 bits per heavy atom. The number of non-ortho nitro benzene ring substituents is 1. The van der Waals surface area contributed by atoms with E-state index in [4.69, 9.17) is 12.2 Å². The zero-order chi connectivity index (χ0) is 22.7. The minimum Gasteiger partial charge on any atom is -0.352 e. The van der Waals surface area contributed by atoms with Gasteiger partial charge in [-0.15, -0.1) is 0 Å². The fraction of sp³-hybridized carbons (Fsp3) is 0.304. The van der Waals surface area contributed by atoms with Crippen molar-refractivity contribution in [1.29, 1.82) is 0 Å². The maximum Gasteiger partial charge on any atom is 0.269 e. The predicted octanol–water partition coefficient (Wildman–Crippen LogP) is 3.70. The van der Waals surface area contributed by atoms with Crippen molar-refractivity contribution in [1.82, 2.24) is 24.7 Å². The summed E-state index contributed by atoms with van der Waals surface area (Å²) in [7, 11) is 4.13. The number of nitrogens with one attached hydrogen (secondary N) is 1. The first-order valence-electron chi connectivity index (χ1n) is 10.5. The van der Waals surface area contributed by atoms with Gasteiger partial charge in [-0.05, 0) is 75.7 Å². The Bertz CT molecular complexity index is 1080. The van der Waals surface area contributed by atoms with Crippen molar-refractivity contribution in [3.8, 4) is 5.69 Å². The van der Waals surface area contributed by atoms with Gasteiger partial charge in [0.2, 0.25) is 0 Å². The lowest BCUT2D eigenvalue weighted by molar-refractivity contribution is -0.384. The van der Waals surface area contributed by atoms with Crippen LogP contribution in [0.4, 0.5) is 5.69 Å². The summed E-state index contributed by atoms with van der Waals surface area (Å²) in [5, 5.41) is 15.2. The van der Waals surface area contributed by atoms with Crippen LogP contribution in [0, 0.1) is 10.1 Å². The molecule has 0 bridgehead atoms. The second-order valence-corrected chi connectivity index (χ2v) is 8.44. The van der Waals surface area contributed by atoms with Crippen molar-refractivity contribution < 1.29 is 4.92 Å². The molecule has 1 fully saturated rings. The van der Waals surface area contributed by atoms with Gasteiger partial charge in [-0.1, -0.05) is 6.07 Å². The third-order valence-corrected chi connectivity index (χ3v) is 5.98. The van der Waals surface area contributed by atoms with Crippen LogP contribution in [0.2, 0.25) is 0 Å². The Labute approximate surface area is 192 Å². The molecule has 0 spiro atoms. The number of benzene rings is 1. The molecule has 1 aliphatic heterocycles. The average Bonchev–Trinajstić information content (AvgIpc) is 3.39. The number of hydrogen-bond acceptors (Lipinski definition) is 5. The summed E-state index contributed by atoms with van der Waals surface area (Å²) >= 11 is 5.74. The molecule has 0 saturated carbocycles. The van der Waals surface area contributed by atoms with E-state index in [1.165, 1.54) is 12.1 Å². The number of nitro groups is 1. The van der Waals surface area contributed by atoms with Gasteiger partial charge < -0.3 is 19.7 Å². The molecule has 3 heterocycles. The quantitative estimate of drug-likeness (QED) is 0.318. The molecule has 166 valence electrons. The van der Waals surface area contributed by atoms with Gasteiger partial charge in [-0.2, -0.15) is 0 Å². The lowest BCUT2D eigenvalue weighted by Crippen LogP contribution is -2.32. The van der Waals surface area contributed by atoms with Gasteiger partial charge in [-0.3, -0.25) is 15.1 Å². The third-order valence-electron chi connectivity index (χ3n) is 5.62. The monoisotopic (exact) mass is 450 g/mol. The number of thiocarbonyl (C=S) groups is 1. The first-order chi connectivity index (χ1) is 15.5. The summed E-state index contributed by atoms with van der Waals surface area (Å²) in [5.41, 5.74) is 2.90. The Morgan fingerprint density at radius 2 is 1.94 bits per heavy atom. The Hall–Kier alpha value is -3.30. The number of rotatable bonds is 8. The van der Waals surface area contributed by atoms with Crippen molar-refractivity contribution in [2.24, 2.45) is 0 Å². The fourth-order valence-corrected chi connectivity index (χ4v) is 4.46. The molecule has 2 aromatic heterocycles. The van der Waals surface area contributed by atoms with E-state index >= 15 is 0 Å². The molecular formula is C23H26N6O2S. The highest BCUT2D eigenvalue weighted by molar-refractivity contribution is 7.80. The van der Waals surface area contributed by atoms with Crippen molar-refractivity contribution >= 4 is 23.0 Å². The smallest absolute Gasteiger partial charge is 0.269 e. The van der Waals surface area contributed by atoms with Gasteiger partial charge in [-0.25, -0.2) is 0 Å². The van der Waals surface area contributed by atoms with Gasteiger partial charge in [0.05, 0.1) is 22.7 Å². The number of pyridine rings is 1. The van der Waals surface area contributed by atoms with Crippen LogP contribution in [-0.4, -0.2) is 56.6 Å². The molecule has 3 aromatic rings. The average molecular weight is 451 g/mol. The Balaban J connectivity index is 1.72. The van der Waals surface area contributed by atoms with Gasteiger partial charge in [0.15, 0.2) is 5.11 Å². The normalized spacial score (nSPS) is 18.2. The molecule has 9 heteroatoms. The maximum atomic E-state index is 11.1. The highest BCUT2D eigenvalue weighted by Crippen LogP contribution is 2.39. The summed E-state index contributed by atoms with van der Waals surface area (Å²) in [6.07, 6.45) is 4.74. The molecule has 1 N–H and O–H groups in total. The summed E-state index contributed by atoms with van der Waals surface area (Å²) in [6.45, 7) is 1.77. The van der Waals surface area contributed by atoms with E-state index in [0.717, 1.165) is 36.6 Å². The predicted molar refractivity (Wildman–Crippen MR) is 128 cm³/mol. The van der Waals surface area contributed by atoms with E-state index < -0.39 is 0 Å². The molecule has 0 aliphatic carbocycles. The van der Waals surface area contributed by atoms with Crippen LogP contribution < -0.4 is 5.32 Å². The molecule has 0 radical (unpaired) electrons. The first kappa shape index (κ1) is 21.9. The lowest BCUT2D eigenvalue weighted by atomic mass is 10.0.